The number of amides is 2. The molecule has 1 unspecified atom stereocenters. The summed E-state index contributed by atoms with van der Waals surface area (Å²) in [6, 6.07) is 6.72. The molecule has 0 heterocycles. The maximum absolute atomic E-state index is 11.8. The molecule has 0 saturated carbocycles. The average Bonchev–Trinajstić information content (AvgIpc) is 2.35. The van der Waals surface area contributed by atoms with Gasteiger partial charge in [-0.05, 0) is 31.0 Å². The van der Waals surface area contributed by atoms with Gasteiger partial charge in [-0.1, -0.05) is 31.9 Å². The van der Waals surface area contributed by atoms with Gasteiger partial charge in [-0.2, -0.15) is 0 Å². The van der Waals surface area contributed by atoms with Crippen molar-refractivity contribution in [2.24, 2.45) is 0 Å². The number of carbonyl (C=O) groups is 2. The van der Waals surface area contributed by atoms with Gasteiger partial charge in [0.25, 0.3) is 0 Å². The van der Waals surface area contributed by atoms with Gasteiger partial charge in [-0.25, -0.2) is 4.79 Å². The summed E-state index contributed by atoms with van der Waals surface area (Å²) in [5.41, 5.74) is 1.26. The minimum Gasteiger partial charge on any atom is -0.481 e. The smallest absolute Gasteiger partial charge is 0.319 e. The van der Waals surface area contributed by atoms with Crippen molar-refractivity contribution in [1.29, 1.82) is 0 Å². The van der Waals surface area contributed by atoms with Crippen molar-refractivity contribution in [1.82, 2.24) is 5.32 Å². The van der Waals surface area contributed by atoms with Crippen LogP contribution in [0.15, 0.2) is 24.3 Å². The number of nitrogens with one attached hydrogen (secondary N) is 2. The number of hydrogen-bond donors (Lipinski definition) is 3. The van der Waals surface area contributed by atoms with Gasteiger partial charge in [0.15, 0.2) is 0 Å². The highest BCUT2D eigenvalue weighted by Crippen LogP contribution is 2.11. The third kappa shape index (κ3) is 6.22. The van der Waals surface area contributed by atoms with Gasteiger partial charge < -0.3 is 15.7 Å². The summed E-state index contributed by atoms with van der Waals surface area (Å²) in [6.45, 7) is 4.08. The van der Waals surface area contributed by atoms with Gasteiger partial charge >= 0.3 is 12.0 Å². The molecule has 3 N–H and O–H groups in total. The van der Waals surface area contributed by atoms with Crippen LogP contribution in [0.5, 0.6) is 0 Å². The topological polar surface area (TPSA) is 78.4 Å². The monoisotopic (exact) mass is 278 g/mol. The molecule has 0 spiro atoms. The molecule has 20 heavy (non-hydrogen) atoms. The summed E-state index contributed by atoms with van der Waals surface area (Å²) >= 11 is 0. The van der Waals surface area contributed by atoms with Crippen LogP contribution >= 0.6 is 0 Å². The summed E-state index contributed by atoms with van der Waals surface area (Å²) in [6.07, 6.45) is 3.08. The number of carboxylic acid groups (broad SMARTS) is 1. The highest BCUT2D eigenvalue weighted by Gasteiger charge is 2.07. The molecule has 0 radical (unpaired) electrons. The Kier molecular flexibility index (Phi) is 6.56. The predicted octanol–water partition coefficient (Wildman–Crippen LogP) is 3.01. The van der Waals surface area contributed by atoms with E-state index in [0.29, 0.717) is 11.3 Å². The van der Waals surface area contributed by atoms with E-state index in [2.05, 4.69) is 17.6 Å². The molecule has 0 aromatic heterocycles. The van der Waals surface area contributed by atoms with Crippen LogP contribution in [0.1, 0.15) is 38.7 Å². The van der Waals surface area contributed by atoms with Gasteiger partial charge in [0.2, 0.25) is 0 Å². The molecule has 0 aliphatic carbocycles. The minimum atomic E-state index is -0.889. The molecular weight excluding hydrogens is 256 g/mol. The summed E-state index contributed by atoms with van der Waals surface area (Å²) in [5.74, 6) is -0.889. The van der Waals surface area contributed by atoms with Gasteiger partial charge in [0, 0.05) is 11.7 Å². The van der Waals surface area contributed by atoms with Crippen molar-refractivity contribution in [3.05, 3.63) is 29.8 Å². The van der Waals surface area contributed by atoms with Crippen molar-refractivity contribution in [3.8, 4) is 0 Å². The molecule has 2 amide bonds. The van der Waals surface area contributed by atoms with E-state index in [4.69, 9.17) is 5.11 Å². The van der Waals surface area contributed by atoms with Crippen LogP contribution in [0, 0.1) is 0 Å². The van der Waals surface area contributed by atoms with Crippen molar-refractivity contribution < 1.29 is 14.7 Å². The van der Waals surface area contributed by atoms with E-state index in [1.54, 1.807) is 24.3 Å². The van der Waals surface area contributed by atoms with Crippen LogP contribution in [0.25, 0.3) is 0 Å². The molecule has 5 heteroatoms. The second-order valence-electron chi connectivity index (χ2n) is 4.91. The number of aliphatic carboxylic acids is 1. The Hall–Kier alpha value is -2.04. The molecule has 5 nitrogen and oxygen atoms in total. The Morgan fingerprint density at radius 3 is 2.75 bits per heavy atom. The molecule has 0 saturated heterocycles. The van der Waals surface area contributed by atoms with Crippen molar-refractivity contribution in [2.45, 2.75) is 45.6 Å². The van der Waals surface area contributed by atoms with E-state index in [9.17, 15) is 9.59 Å². The number of benzene rings is 1. The normalized spacial score (nSPS) is 11.7. The quantitative estimate of drug-likeness (QED) is 0.717. The Balaban J connectivity index is 2.51. The number of anilines is 1. The Morgan fingerprint density at radius 1 is 1.35 bits per heavy atom. The first-order valence-electron chi connectivity index (χ1n) is 6.89. The minimum absolute atomic E-state index is 0.0515. The SMILES string of the molecule is CCCCC(C)NC(=O)Nc1cccc(CC(=O)O)c1. The molecule has 1 aromatic carbocycles. The highest BCUT2D eigenvalue weighted by atomic mass is 16.4. The zero-order chi connectivity index (χ0) is 15.0. The lowest BCUT2D eigenvalue weighted by Gasteiger charge is -2.14. The standard InChI is InChI=1S/C15H22N2O3/c1-3-4-6-11(2)16-15(20)17-13-8-5-7-12(9-13)10-14(18)19/h5,7-9,11H,3-4,6,10H2,1-2H3,(H,18,19)(H2,16,17,20). The van der Waals surface area contributed by atoms with Crippen LogP contribution in [0.4, 0.5) is 10.5 Å². The van der Waals surface area contributed by atoms with Crippen LogP contribution in [-0.4, -0.2) is 23.1 Å². The third-order valence-corrected chi connectivity index (χ3v) is 2.91. The average molecular weight is 278 g/mol. The van der Waals surface area contributed by atoms with E-state index >= 15 is 0 Å². The van der Waals surface area contributed by atoms with E-state index in [1.807, 2.05) is 6.92 Å². The summed E-state index contributed by atoms with van der Waals surface area (Å²) in [7, 11) is 0. The van der Waals surface area contributed by atoms with Crippen molar-refractivity contribution in [3.63, 3.8) is 0 Å². The number of hydrogen-bond acceptors (Lipinski definition) is 2. The molecule has 1 atom stereocenters. The van der Waals surface area contributed by atoms with E-state index in [1.165, 1.54) is 0 Å². The van der Waals surface area contributed by atoms with Crippen LogP contribution in [0.2, 0.25) is 0 Å². The second-order valence-corrected chi connectivity index (χ2v) is 4.91. The van der Waals surface area contributed by atoms with Gasteiger partial charge in [0.1, 0.15) is 0 Å². The van der Waals surface area contributed by atoms with E-state index in [0.717, 1.165) is 19.3 Å². The van der Waals surface area contributed by atoms with E-state index in [-0.39, 0.29) is 18.5 Å². The number of carbonyl (C=O) groups excluding carboxylic acids is 1. The lowest BCUT2D eigenvalue weighted by Crippen LogP contribution is -2.36. The fraction of sp³-hybridized carbons (Fsp3) is 0.467. The Labute approximate surface area is 119 Å². The van der Waals surface area contributed by atoms with Gasteiger partial charge in [-0.15, -0.1) is 0 Å². The van der Waals surface area contributed by atoms with Crippen LogP contribution < -0.4 is 10.6 Å². The van der Waals surface area contributed by atoms with Crippen LogP contribution in [0.3, 0.4) is 0 Å². The summed E-state index contributed by atoms with van der Waals surface area (Å²) in [4.78, 5) is 22.4. The number of carboxylic acids is 1. The molecule has 1 aromatic rings. The van der Waals surface area contributed by atoms with Crippen molar-refractivity contribution in [2.75, 3.05) is 5.32 Å². The molecular formula is C15H22N2O3. The van der Waals surface area contributed by atoms with Crippen molar-refractivity contribution >= 4 is 17.7 Å². The maximum atomic E-state index is 11.8. The predicted molar refractivity (Wildman–Crippen MR) is 78.9 cm³/mol. The molecule has 0 bridgehead atoms. The Bertz CT molecular complexity index is 460. The zero-order valence-electron chi connectivity index (χ0n) is 12.0. The summed E-state index contributed by atoms with van der Waals surface area (Å²) < 4.78 is 0. The molecule has 0 aliphatic heterocycles. The first kappa shape index (κ1) is 16.0. The first-order valence-corrected chi connectivity index (χ1v) is 6.89. The molecule has 1 rings (SSSR count). The van der Waals surface area contributed by atoms with Gasteiger partial charge in [0.05, 0.1) is 6.42 Å². The first-order chi connectivity index (χ1) is 9.51. The van der Waals surface area contributed by atoms with Crippen LogP contribution in [-0.2, 0) is 11.2 Å². The number of rotatable bonds is 7. The molecule has 0 aliphatic rings. The van der Waals surface area contributed by atoms with Gasteiger partial charge in [-0.3, -0.25) is 4.79 Å². The Morgan fingerprint density at radius 2 is 2.10 bits per heavy atom. The van der Waals surface area contributed by atoms with E-state index < -0.39 is 5.97 Å². The fourth-order valence-electron chi connectivity index (χ4n) is 1.91. The summed E-state index contributed by atoms with van der Waals surface area (Å²) in [5, 5.41) is 14.3. The molecule has 0 fully saturated rings. The number of unbranched alkanes of at least 4 members (excludes halogenated alkanes) is 1. The zero-order valence-corrected chi connectivity index (χ0v) is 12.0. The highest BCUT2D eigenvalue weighted by molar-refractivity contribution is 5.89. The lowest BCUT2D eigenvalue weighted by molar-refractivity contribution is -0.136. The second kappa shape index (κ2) is 8.19. The molecule has 110 valence electrons. The third-order valence-electron chi connectivity index (χ3n) is 2.91. The largest absolute Gasteiger partial charge is 0.481 e. The fourth-order valence-corrected chi connectivity index (χ4v) is 1.91. The number of urea groups is 1. The lowest BCUT2D eigenvalue weighted by atomic mass is 10.1. The maximum Gasteiger partial charge on any atom is 0.319 e.